The van der Waals surface area contributed by atoms with Gasteiger partial charge in [0.15, 0.2) is 0 Å². The molecule has 0 bridgehead atoms. The van der Waals surface area contributed by atoms with Gasteiger partial charge in [-0.1, -0.05) is 50.0 Å². The number of halogens is 5. The van der Waals surface area contributed by atoms with Crippen molar-refractivity contribution in [3.05, 3.63) is 11.6 Å². The highest BCUT2D eigenvalue weighted by atomic mass is 79.9. The summed E-state index contributed by atoms with van der Waals surface area (Å²) in [5.41, 5.74) is 0. The standard InChI is InChI=1S/C10H15Br2Cl3/c1-7(13)10(15,6-11)5-4-8(12)9(2,3)14/h8H,1,4-6H2,2-3H3/t8-,10+/m1/s1. The molecule has 0 heterocycles. The van der Waals surface area contributed by atoms with Crippen LogP contribution in [0.1, 0.15) is 26.7 Å². The normalized spacial score (nSPS) is 18.3. The molecule has 0 N–H and O–H groups in total. The van der Waals surface area contributed by atoms with Crippen LogP contribution in [-0.4, -0.2) is 19.9 Å². The smallest absolute Gasteiger partial charge is 0.0891 e. The molecule has 0 fully saturated rings. The second kappa shape index (κ2) is 6.49. The molecule has 0 aliphatic rings. The summed E-state index contributed by atoms with van der Waals surface area (Å²) in [6.07, 6.45) is 1.57. The van der Waals surface area contributed by atoms with E-state index in [0.717, 1.165) is 12.8 Å². The average Bonchev–Trinajstić information content (AvgIpc) is 2.11. The molecule has 0 amide bonds. The highest BCUT2D eigenvalue weighted by molar-refractivity contribution is 9.09. The molecular formula is C10H15Br2Cl3. The van der Waals surface area contributed by atoms with Crippen molar-refractivity contribution in [2.75, 3.05) is 5.33 Å². The molecule has 0 saturated carbocycles. The molecule has 0 aliphatic carbocycles. The molecule has 0 nitrogen and oxygen atoms in total. The summed E-state index contributed by atoms with van der Waals surface area (Å²) in [4.78, 5) is -0.687. The lowest BCUT2D eigenvalue weighted by Gasteiger charge is -2.28. The number of alkyl halides is 4. The Balaban J connectivity index is 4.31. The molecule has 0 aliphatic heterocycles. The van der Waals surface area contributed by atoms with Crippen molar-refractivity contribution in [1.29, 1.82) is 0 Å². The first kappa shape index (κ1) is 16.6. The van der Waals surface area contributed by atoms with Crippen molar-refractivity contribution in [2.45, 2.75) is 41.3 Å². The lowest BCUT2D eigenvalue weighted by molar-refractivity contribution is 0.559. The summed E-state index contributed by atoms with van der Waals surface area (Å²) in [6.45, 7) is 7.62. The van der Waals surface area contributed by atoms with E-state index in [2.05, 4.69) is 38.4 Å². The first-order valence-corrected chi connectivity index (χ1v) is 7.73. The van der Waals surface area contributed by atoms with E-state index in [1.54, 1.807) is 0 Å². The molecule has 0 aromatic carbocycles. The molecule has 90 valence electrons. The molecule has 0 radical (unpaired) electrons. The van der Waals surface area contributed by atoms with E-state index in [4.69, 9.17) is 34.8 Å². The van der Waals surface area contributed by atoms with Crippen molar-refractivity contribution in [2.24, 2.45) is 0 Å². The van der Waals surface area contributed by atoms with Gasteiger partial charge in [0.1, 0.15) is 0 Å². The maximum absolute atomic E-state index is 6.31. The van der Waals surface area contributed by atoms with Crippen molar-refractivity contribution < 1.29 is 0 Å². The van der Waals surface area contributed by atoms with E-state index in [-0.39, 0.29) is 9.70 Å². The highest BCUT2D eigenvalue weighted by Crippen LogP contribution is 2.37. The minimum absolute atomic E-state index is 0.194. The number of allylic oxidation sites excluding steroid dienone is 1. The molecule has 0 aromatic rings. The fourth-order valence-corrected chi connectivity index (χ4v) is 2.36. The summed E-state index contributed by atoms with van der Waals surface area (Å²) in [7, 11) is 0. The van der Waals surface area contributed by atoms with Gasteiger partial charge in [-0.2, -0.15) is 0 Å². The van der Waals surface area contributed by atoms with Crippen LogP contribution in [0.25, 0.3) is 0 Å². The summed E-state index contributed by atoms with van der Waals surface area (Å²) in [5, 5.41) is 1.06. The van der Waals surface area contributed by atoms with Crippen LogP contribution in [0.4, 0.5) is 0 Å². The van der Waals surface area contributed by atoms with Gasteiger partial charge in [0, 0.05) is 15.2 Å². The minimum atomic E-state index is -0.588. The van der Waals surface area contributed by atoms with Gasteiger partial charge < -0.3 is 0 Å². The van der Waals surface area contributed by atoms with Gasteiger partial charge in [-0.3, -0.25) is 0 Å². The number of hydrogen-bond donors (Lipinski definition) is 0. The summed E-state index contributed by atoms with van der Waals surface area (Å²) in [5.74, 6) is 0. The average molecular weight is 401 g/mol. The van der Waals surface area contributed by atoms with E-state index >= 15 is 0 Å². The van der Waals surface area contributed by atoms with Crippen LogP contribution in [0.3, 0.4) is 0 Å². The Kier molecular flexibility index (Phi) is 7.17. The zero-order valence-electron chi connectivity index (χ0n) is 8.80. The van der Waals surface area contributed by atoms with Crippen LogP contribution in [0, 0.1) is 0 Å². The van der Waals surface area contributed by atoms with Crippen LogP contribution in [-0.2, 0) is 0 Å². The van der Waals surface area contributed by atoms with Gasteiger partial charge >= 0.3 is 0 Å². The maximum atomic E-state index is 6.31. The van der Waals surface area contributed by atoms with Gasteiger partial charge in [0.25, 0.3) is 0 Å². The Hall–Kier alpha value is 1.57. The van der Waals surface area contributed by atoms with E-state index in [1.165, 1.54) is 0 Å². The molecule has 0 unspecified atom stereocenters. The van der Waals surface area contributed by atoms with E-state index in [9.17, 15) is 0 Å². The Bertz CT molecular complexity index is 225. The van der Waals surface area contributed by atoms with Gasteiger partial charge in [0.2, 0.25) is 0 Å². The van der Waals surface area contributed by atoms with Crippen LogP contribution in [0.5, 0.6) is 0 Å². The Morgan fingerprint density at radius 3 is 2.13 bits per heavy atom. The maximum Gasteiger partial charge on any atom is 0.0891 e. The lowest BCUT2D eigenvalue weighted by atomic mass is 9.98. The molecule has 0 rings (SSSR count). The van der Waals surface area contributed by atoms with Gasteiger partial charge in [-0.05, 0) is 26.7 Å². The highest BCUT2D eigenvalue weighted by Gasteiger charge is 2.32. The fourth-order valence-electron chi connectivity index (χ4n) is 0.974. The third-order valence-corrected chi connectivity index (χ3v) is 6.66. The topological polar surface area (TPSA) is 0 Å². The molecule has 15 heavy (non-hydrogen) atoms. The molecule has 2 atom stereocenters. The van der Waals surface area contributed by atoms with Crippen LogP contribution >= 0.6 is 66.7 Å². The van der Waals surface area contributed by atoms with Gasteiger partial charge in [-0.15, -0.1) is 23.2 Å². The molecule has 0 spiro atoms. The van der Waals surface area contributed by atoms with E-state index in [1.807, 2.05) is 13.8 Å². The lowest BCUT2D eigenvalue weighted by Crippen LogP contribution is -2.30. The quantitative estimate of drug-likeness (QED) is 0.503. The minimum Gasteiger partial charge on any atom is -0.119 e. The zero-order chi connectivity index (χ0) is 12.3. The number of rotatable bonds is 6. The summed E-state index contributed by atoms with van der Waals surface area (Å²) in [6, 6.07) is 0. The third kappa shape index (κ3) is 5.63. The summed E-state index contributed by atoms with van der Waals surface area (Å²) < 4.78 is 0. The summed E-state index contributed by atoms with van der Waals surface area (Å²) >= 11 is 25.3. The molecule has 0 saturated heterocycles. The van der Waals surface area contributed by atoms with Crippen molar-refractivity contribution in [3.8, 4) is 0 Å². The first-order valence-electron chi connectivity index (χ1n) is 4.56. The van der Waals surface area contributed by atoms with E-state index < -0.39 is 4.87 Å². The van der Waals surface area contributed by atoms with Crippen molar-refractivity contribution >= 4 is 66.7 Å². The molecule has 5 heteroatoms. The fraction of sp³-hybridized carbons (Fsp3) is 0.800. The second-order valence-electron chi connectivity index (χ2n) is 4.07. The Morgan fingerprint density at radius 1 is 1.40 bits per heavy atom. The van der Waals surface area contributed by atoms with Crippen molar-refractivity contribution in [1.82, 2.24) is 0 Å². The second-order valence-corrected chi connectivity index (χ2v) is 7.89. The zero-order valence-corrected chi connectivity index (χ0v) is 14.2. The van der Waals surface area contributed by atoms with Crippen molar-refractivity contribution in [3.63, 3.8) is 0 Å². The molecule has 0 aromatic heterocycles. The van der Waals surface area contributed by atoms with E-state index in [0.29, 0.717) is 10.4 Å². The SMILES string of the molecule is C=C(Cl)[C@@](Cl)(CBr)CC[C@@H](Br)C(C)(C)Cl. The largest absolute Gasteiger partial charge is 0.119 e. The predicted octanol–water partition coefficient (Wildman–Crippen LogP) is 5.67. The Labute approximate surface area is 124 Å². The van der Waals surface area contributed by atoms with Crippen LogP contribution in [0.2, 0.25) is 0 Å². The van der Waals surface area contributed by atoms with Crippen LogP contribution < -0.4 is 0 Å². The monoisotopic (exact) mass is 398 g/mol. The number of hydrogen-bond acceptors (Lipinski definition) is 0. The first-order chi connectivity index (χ1) is 6.63. The van der Waals surface area contributed by atoms with Gasteiger partial charge in [-0.25, -0.2) is 0 Å². The molecular weight excluding hydrogens is 386 g/mol. The van der Waals surface area contributed by atoms with Crippen LogP contribution in [0.15, 0.2) is 11.6 Å². The predicted molar refractivity (Wildman–Crippen MR) is 79.3 cm³/mol. The van der Waals surface area contributed by atoms with Gasteiger partial charge in [0.05, 0.1) is 9.75 Å². The third-order valence-electron chi connectivity index (χ3n) is 2.24. The Morgan fingerprint density at radius 2 is 1.87 bits per heavy atom.